The van der Waals surface area contributed by atoms with Crippen LogP contribution in [0.3, 0.4) is 0 Å². The highest BCUT2D eigenvalue weighted by molar-refractivity contribution is 5.65. The van der Waals surface area contributed by atoms with Crippen molar-refractivity contribution in [3.8, 4) is 0 Å². The van der Waals surface area contributed by atoms with Crippen LogP contribution in [0.1, 0.15) is 13.8 Å². The fourth-order valence-electron chi connectivity index (χ4n) is 0.116. The van der Waals surface area contributed by atoms with E-state index in [2.05, 4.69) is 9.78 Å². The lowest BCUT2D eigenvalue weighted by atomic mass is 10.8. The Hall–Kier alpha value is -0.570. The Labute approximate surface area is 42.2 Å². The number of carbonyl (C=O) groups excluding carboxylic acids is 1. The molecule has 0 bridgehead atoms. The van der Waals surface area contributed by atoms with Gasteiger partial charge in [-0.05, 0) is 6.92 Å². The maximum Gasteiger partial charge on any atom is 0.339 e. The van der Waals surface area contributed by atoms with E-state index in [0.717, 1.165) is 0 Å². The summed E-state index contributed by atoms with van der Waals surface area (Å²) in [5.74, 6) is -0.446. The molecule has 0 rings (SSSR count). The van der Waals surface area contributed by atoms with Gasteiger partial charge in [-0.1, -0.05) is 0 Å². The first kappa shape index (κ1) is 6.43. The van der Waals surface area contributed by atoms with E-state index in [1.807, 2.05) is 0 Å². The minimum atomic E-state index is -0.446. The molecule has 0 N–H and O–H groups in total. The number of hydrogen-bond donors (Lipinski definition) is 0. The maximum absolute atomic E-state index is 9.84. The second-order valence-corrected chi connectivity index (χ2v) is 0.907. The SMILES string of the molecule is C[CH]OOC(C)=O. The highest BCUT2D eigenvalue weighted by atomic mass is 17.2. The van der Waals surface area contributed by atoms with Crippen molar-refractivity contribution in [2.75, 3.05) is 0 Å². The summed E-state index contributed by atoms with van der Waals surface area (Å²) in [5, 5.41) is 0. The summed E-state index contributed by atoms with van der Waals surface area (Å²) in [5.41, 5.74) is 0. The third-order valence-electron chi connectivity index (χ3n) is 0.262. The first-order chi connectivity index (χ1) is 3.27. The number of rotatable bonds is 2. The summed E-state index contributed by atoms with van der Waals surface area (Å²) >= 11 is 0. The molecule has 0 fully saturated rings. The Morgan fingerprint density at radius 3 is 2.43 bits per heavy atom. The molecule has 0 aliphatic carbocycles. The standard InChI is InChI=1S/C4H7O3/c1-3-6-7-4(2)5/h3H,1-2H3. The van der Waals surface area contributed by atoms with Gasteiger partial charge in [-0.25, -0.2) is 4.79 Å². The van der Waals surface area contributed by atoms with Gasteiger partial charge in [0, 0.05) is 6.92 Å². The lowest BCUT2D eigenvalue weighted by Gasteiger charge is -1.92. The van der Waals surface area contributed by atoms with Crippen LogP contribution in [0.15, 0.2) is 0 Å². The van der Waals surface area contributed by atoms with Crippen LogP contribution in [-0.2, 0) is 14.6 Å². The molecule has 0 aromatic carbocycles. The van der Waals surface area contributed by atoms with Gasteiger partial charge >= 0.3 is 5.97 Å². The summed E-state index contributed by atoms with van der Waals surface area (Å²) in [6.07, 6.45) is 0. The Bertz CT molecular complexity index is 60.0. The zero-order valence-electron chi connectivity index (χ0n) is 4.30. The third kappa shape index (κ3) is 5.43. The van der Waals surface area contributed by atoms with E-state index in [9.17, 15) is 4.79 Å². The smallest absolute Gasteiger partial charge is 0.298 e. The van der Waals surface area contributed by atoms with Gasteiger partial charge in [0.25, 0.3) is 0 Å². The normalized spacial score (nSPS) is 8.29. The molecule has 1 radical (unpaired) electrons. The molecule has 3 nitrogen and oxygen atoms in total. The van der Waals surface area contributed by atoms with Gasteiger partial charge < -0.3 is 0 Å². The molecule has 0 aromatic rings. The second-order valence-electron chi connectivity index (χ2n) is 0.907. The summed E-state index contributed by atoms with van der Waals surface area (Å²) < 4.78 is 0. The minimum Gasteiger partial charge on any atom is -0.298 e. The average molecular weight is 103 g/mol. The van der Waals surface area contributed by atoms with Crippen molar-refractivity contribution in [3.63, 3.8) is 0 Å². The molecule has 0 aromatic heterocycles. The minimum absolute atomic E-state index is 0.446. The summed E-state index contributed by atoms with van der Waals surface area (Å²) in [6, 6.07) is 0. The van der Waals surface area contributed by atoms with Gasteiger partial charge in [-0.15, -0.1) is 0 Å². The fourth-order valence-corrected chi connectivity index (χ4v) is 0.116. The van der Waals surface area contributed by atoms with Crippen LogP contribution >= 0.6 is 0 Å². The van der Waals surface area contributed by atoms with Crippen LogP contribution in [0.4, 0.5) is 0 Å². The lowest BCUT2D eigenvalue weighted by Crippen LogP contribution is -1.95. The number of carbonyl (C=O) groups is 1. The van der Waals surface area contributed by atoms with Crippen LogP contribution < -0.4 is 0 Å². The van der Waals surface area contributed by atoms with Crippen LogP contribution in [0.25, 0.3) is 0 Å². The van der Waals surface area contributed by atoms with Crippen LogP contribution in [0, 0.1) is 6.61 Å². The molecule has 3 heteroatoms. The molecule has 0 unspecified atom stereocenters. The van der Waals surface area contributed by atoms with E-state index in [0.29, 0.717) is 0 Å². The van der Waals surface area contributed by atoms with Crippen LogP contribution in [0.5, 0.6) is 0 Å². The summed E-state index contributed by atoms with van der Waals surface area (Å²) in [4.78, 5) is 18.0. The molecule has 0 saturated carbocycles. The van der Waals surface area contributed by atoms with E-state index in [1.165, 1.54) is 13.5 Å². The highest BCUT2D eigenvalue weighted by Crippen LogP contribution is 1.80. The van der Waals surface area contributed by atoms with Gasteiger partial charge in [0.05, 0.1) is 0 Å². The quantitative estimate of drug-likeness (QED) is 0.380. The van der Waals surface area contributed by atoms with Gasteiger partial charge in [-0.3, -0.25) is 4.89 Å². The molecule has 0 amide bonds. The van der Waals surface area contributed by atoms with E-state index in [-0.39, 0.29) is 0 Å². The van der Waals surface area contributed by atoms with E-state index in [1.54, 1.807) is 6.92 Å². The van der Waals surface area contributed by atoms with Gasteiger partial charge in [0.2, 0.25) is 0 Å². The molecule has 0 saturated heterocycles. The Morgan fingerprint density at radius 1 is 1.71 bits per heavy atom. The van der Waals surface area contributed by atoms with E-state index >= 15 is 0 Å². The first-order valence-corrected chi connectivity index (χ1v) is 1.89. The van der Waals surface area contributed by atoms with Crippen molar-refractivity contribution >= 4 is 5.97 Å². The molecule has 0 spiro atoms. The second kappa shape index (κ2) is 3.61. The third-order valence-corrected chi connectivity index (χ3v) is 0.262. The van der Waals surface area contributed by atoms with Crippen molar-refractivity contribution in [2.24, 2.45) is 0 Å². The topological polar surface area (TPSA) is 35.5 Å². The maximum atomic E-state index is 9.84. The molecule has 7 heavy (non-hydrogen) atoms. The Kier molecular flexibility index (Phi) is 3.32. The summed E-state index contributed by atoms with van der Waals surface area (Å²) in [7, 11) is 0. The number of hydrogen-bond acceptors (Lipinski definition) is 3. The molecule has 0 heterocycles. The van der Waals surface area contributed by atoms with Crippen LogP contribution in [0.2, 0.25) is 0 Å². The van der Waals surface area contributed by atoms with E-state index in [4.69, 9.17) is 0 Å². The van der Waals surface area contributed by atoms with Gasteiger partial charge in [-0.2, -0.15) is 4.89 Å². The molecule has 41 valence electrons. The first-order valence-electron chi connectivity index (χ1n) is 1.89. The Morgan fingerprint density at radius 2 is 2.29 bits per heavy atom. The lowest BCUT2D eigenvalue weighted by molar-refractivity contribution is -0.248. The van der Waals surface area contributed by atoms with Gasteiger partial charge in [0.1, 0.15) is 6.61 Å². The zero-order chi connectivity index (χ0) is 5.70. The largest absolute Gasteiger partial charge is 0.339 e. The predicted molar refractivity (Wildman–Crippen MR) is 22.8 cm³/mol. The zero-order valence-corrected chi connectivity index (χ0v) is 4.30. The highest BCUT2D eigenvalue weighted by Gasteiger charge is 1.87. The molecular formula is C4H7O3. The van der Waals surface area contributed by atoms with Crippen molar-refractivity contribution in [3.05, 3.63) is 6.61 Å². The monoisotopic (exact) mass is 103 g/mol. The van der Waals surface area contributed by atoms with Crippen molar-refractivity contribution in [1.82, 2.24) is 0 Å². The van der Waals surface area contributed by atoms with E-state index < -0.39 is 5.97 Å². The van der Waals surface area contributed by atoms with Crippen molar-refractivity contribution in [2.45, 2.75) is 13.8 Å². The fraction of sp³-hybridized carbons (Fsp3) is 0.500. The molecule has 0 aliphatic heterocycles. The molecule has 0 atom stereocenters. The van der Waals surface area contributed by atoms with Crippen LogP contribution in [-0.4, -0.2) is 5.97 Å². The Balaban J connectivity index is 2.82. The van der Waals surface area contributed by atoms with Crippen molar-refractivity contribution < 1.29 is 14.6 Å². The summed E-state index contributed by atoms with van der Waals surface area (Å²) in [6.45, 7) is 4.16. The van der Waals surface area contributed by atoms with Crippen molar-refractivity contribution in [1.29, 1.82) is 0 Å². The molecule has 0 aliphatic rings. The average Bonchev–Trinajstić information content (AvgIpc) is 1.61. The molecular weight excluding hydrogens is 96.0 g/mol. The predicted octanol–water partition coefficient (Wildman–Crippen LogP) is 0.663. The van der Waals surface area contributed by atoms with Gasteiger partial charge in [0.15, 0.2) is 0 Å².